The Morgan fingerprint density at radius 3 is 2.45 bits per heavy atom. The second kappa shape index (κ2) is 10.7. The average Bonchev–Trinajstić information content (AvgIpc) is 2.46. The van der Waals surface area contributed by atoms with Crippen LogP contribution in [0.5, 0.6) is 0 Å². The van der Waals surface area contributed by atoms with E-state index in [4.69, 9.17) is 0 Å². The Morgan fingerprint density at radius 2 is 1.85 bits per heavy atom. The van der Waals surface area contributed by atoms with Crippen LogP contribution in [0.3, 0.4) is 0 Å². The molecular weight excluding hydrogens is 242 g/mol. The molecule has 1 nitrogen and oxygen atoms in total. The Labute approximate surface area is 128 Å². The van der Waals surface area contributed by atoms with E-state index in [-0.39, 0.29) is 0 Å². The summed E-state index contributed by atoms with van der Waals surface area (Å²) in [7, 11) is 2.13. The molecule has 0 aliphatic heterocycles. The molecule has 1 fully saturated rings. The molecule has 1 saturated carbocycles. The third-order valence-corrected chi connectivity index (χ3v) is 5.59. The molecule has 0 aromatic rings. The summed E-state index contributed by atoms with van der Waals surface area (Å²) >= 11 is 0. The largest absolute Gasteiger partial charge is 0.319 e. The summed E-state index contributed by atoms with van der Waals surface area (Å²) < 4.78 is 0. The smallest absolute Gasteiger partial charge is 0.00209 e. The zero-order valence-corrected chi connectivity index (χ0v) is 14.6. The molecular formula is C19H39N. The van der Waals surface area contributed by atoms with E-state index in [1.54, 1.807) is 0 Å². The molecule has 1 N–H and O–H groups in total. The molecule has 1 aliphatic carbocycles. The quantitative estimate of drug-likeness (QED) is 0.546. The third kappa shape index (κ3) is 6.16. The predicted molar refractivity (Wildman–Crippen MR) is 91.1 cm³/mol. The summed E-state index contributed by atoms with van der Waals surface area (Å²) in [5, 5.41) is 3.45. The van der Waals surface area contributed by atoms with Crippen LogP contribution in [-0.4, -0.2) is 13.6 Å². The first-order valence-electron chi connectivity index (χ1n) is 9.39. The van der Waals surface area contributed by atoms with Crippen LogP contribution in [0.2, 0.25) is 0 Å². The van der Waals surface area contributed by atoms with Crippen molar-refractivity contribution < 1.29 is 0 Å². The summed E-state index contributed by atoms with van der Waals surface area (Å²) in [6.07, 6.45) is 14.5. The minimum atomic E-state index is 0.948. The van der Waals surface area contributed by atoms with Gasteiger partial charge in [0.15, 0.2) is 0 Å². The highest BCUT2D eigenvalue weighted by Gasteiger charge is 2.30. The molecule has 0 aromatic heterocycles. The van der Waals surface area contributed by atoms with Gasteiger partial charge in [-0.25, -0.2) is 0 Å². The van der Waals surface area contributed by atoms with Gasteiger partial charge in [0.25, 0.3) is 0 Å². The SMILES string of the molecule is CCCCC(CC)CC1CC(CCC)CCC1CNC. The first kappa shape index (κ1) is 18.0. The topological polar surface area (TPSA) is 12.0 Å². The van der Waals surface area contributed by atoms with E-state index < -0.39 is 0 Å². The van der Waals surface area contributed by atoms with Crippen molar-refractivity contribution in [3.05, 3.63) is 0 Å². The van der Waals surface area contributed by atoms with Crippen LogP contribution in [0.4, 0.5) is 0 Å². The van der Waals surface area contributed by atoms with E-state index in [1.165, 1.54) is 70.8 Å². The maximum absolute atomic E-state index is 3.45. The third-order valence-electron chi connectivity index (χ3n) is 5.59. The van der Waals surface area contributed by atoms with Gasteiger partial charge in [0, 0.05) is 0 Å². The Bertz CT molecular complexity index is 226. The first-order valence-corrected chi connectivity index (χ1v) is 9.39. The van der Waals surface area contributed by atoms with Crippen LogP contribution >= 0.6 is 0 Å². The molecule has 120 valence electrons. The fourth-order valence-electron chi connectivity index (χ4n) is 4.32. The lowest BCUT2D eigenvalue weighted by Gasteiger charge is -2.38. The highest BCUT2D eigenvalue weighted by Crippen LogP contribution is 2.40. The second-order valence-electron chi connectivity index (χ2n) is 7.20. The summed E-state index contributed by atoms with van der Waals surface area (Å²) in [6, 6.07) is 0. The Balaban J connectivity index is 2.53. The van der Waals surface area contributed by atoms with Crippen molar-refractivity contribution in [2.45, 2.75) is 85.0 Å². The molecule has 1 aliphatic rings. The number of unbranched alkanes of at least 4 members (excludes halogenated alkanes) is 1. The summed E-state index contributed by atoms with van der Waals surface area (Å²) in [5.74, 6) is 3.96. The molecule has 4 unspecified atom stereocenters. The van der Waals surface area contributed by atoms with E-state index in [9.17, 15) is 0 Å². The van der Waals surface area contributed by atoms with Gasteiger partial charge in [-0.05, 0) is 56.5 Å². The molecule has 4 atom stereocenters. The van der Waals surface area contributed by atoms with Gasteiger partial charge in [-0.15, -0.1) is 0 Å². The zero-order chi connectivity index (χ0) is 14.8. The van der Waals surface area contributed by atoms with Gasteiger partial charge in [0.1, 0.15) is 0 Å². The van der Waals surface area contributed by atoms with E-state index in [1.807, 2.05) is 0 Å². The van der Waals surface area contributed by atoms with Crippen LogP contribution < -0.4 is 5.32 Å². The average molecular weight is 282 g/mol. The van der Waals surface area contributed by atoms with Gasteiger partial charge >= 0.3 is 0 Å². The van der Waals surface area contributed by atoms with Crippen molar-refractivity contribution in [2.75, 3.05) is 13.6 Å². The van der Waals surface area contributed by atoms with Crippen molar-refractivity contribution in [1.29, 1.82) is 0 Å². The van der Waals surface area contributed by atoms with Gasteiger partial charge in [0.05, 0.1) is 0 Å². The van der Waals surface area contributed by atoms with Crippen LogP contribution in [0.15, 0.2) is 0 Å². The van der Waals surface area contributed by atoms with Crippen molar-refractivity contribution in [3.8, 4) is 0 Å². The van der Waals surface area contributed by atoms with Gasteiger partial charge < -0.3 is 5.32 Å². The molecule has 0 spiro atoms. The van der Waals surface area contributed by atoms with Crippen molar-refractivity contribution in [3.63, 3.8) is 0 Å². The number of rotatable bonds is 10. The number of nitrogens with one attached hydrogen (secondary N) is 1. The zero-order valence-electron chi connectivity index (χ0n) is 14.6. The Hall–Kier alpha value is -0.0400. The molecule has 1 rings (SSSR count). The minimum Gasteiger partial charge on any atom is -0.319 e. The van der Waals surface area contributed by atoms with E-state index >= 15 is 0 Å². The van der Waals surface area contributed by atoms with Gasteiger partial charge in [0.2, 0.25) is 0 Å². The molecule has 0 amide bonds. The van der Waals surface area contributed by atoms with Crippen LogP contribution in [0.1, 0.15) is 85.0 Å². The van der Waals surface area contributed by atoms with Crippen LogP contribution in [0, 0.1) is 23.7 Å². The highest BCUT2D eigenvalue weighted by molar-refractivity contribution is 4.82. The summed E-state index contributed by atoms with van der Waals surface area (Å²) in [6.45, 7) is 8.33. The molecule has 0 saturated heterocycles. The Morgan fingerprint density at radius 1 is 1.05 bits per heavy atom. The van der Waals surface area contributed by atoms with Gasteiger partial charge in [-0.2, -0.15) is 0 Å². The summed E-state index contributed by atoms with van der Waals surface area (Å²) in [5.41, 5.74) is 0. The predicted octanol–water partition coefficient (Wildman–Crippen LogP) is 5.64. The van der Waals surface area contributed by atoms with Gasteiger partial charge in [-0.3, -0.25) is 0 Å². The normalized spacial score (nSPS) is 28.5. The lowest BCUT2D eigenvalue weighted by atomic mass is 9.69. The standard InChI is InChI=1S/C19H39N/c1-5-8-10-16(7-3)13-19-14-17(9-6-2)11-12-18(19)15-20-4/h16-20H,5-15H2,1-4H3. The maximum atomic E-state index is 3.45. The Kier molecular flexibility index (Phi) is 9.59. The highest BCUT2D eigenvalue weighted by atomic mass is 14.8. The lowest BCUT2D eigenvalue weighted by Crippen LogP contribution is -2.33. The first-order chi connectivity index (χ1) is 9.74. The fraction of sp³-hybridized carbons (Fsp3) is 1.00. The lowest BCUT2D eigenvalue weighted by molar-refractivity contribution is 0.139. The monoisotopic (exact) mass is 281 g/mol. The molecule has 0 aromatic carbocycles. The van der Waals surface area contributed by atoms with Gasteiger partial charge in [-0.1, -0.05) is 65.7 Å². The van der Waals surface area contributed by atoms with E-state index in [0.717, 1.165) is 23.7 Å². The molecule has 0 bridgehead atoms. The minimum absolute atomic E-state index is 0.948. The number of hydrogen-bond donors (Lipinski definition) is 1. The molecule has 20 heavy (non-hydrogen) atoms. The van der Waals surface area contributed by atoms with E-state index in [2.05, 4.69) is 33.1 Å². The molecule has 0 radical (unpaired) electrons. The fourth-order valence-corrected chi connectivity index (χ4v) is 4.32. The van der Waals surface area contributed by atoms with E-state index in [0.29, 0.717) is 0 Å². The van der Waals surface area contributed by atoms with Crippen molar-refractivity contribution >= 4 is 0 Å². The van der Waals surface area contributed by atoms with Crippen molar-refractivity contribution in [2.24, 2.45) is 23.7 Å². The molecule has 1 heteroatoms. The van der Waals surface area contributed by atoms with Crippen LogP contribution in [-0.2, 0) is 0 Å². The molecule has 0 heterocycles. The van der Waals surface area contributed by atoms with Crippen molar-refractivity contribution in [1.82, 2.24) is 5.32 Å². The number of hydrogen-bond acceptors (Lipinski definition) is 1. The summed E-state index contributed by atoms with van der Waals surface area (Å²) in [4.78, 5) is 0. The maximum Gasteiger partial charge on any atom is -0.00209 e. The van der Waals surface area contributed by atoms with Crippen LogP contribution in [0.25, 0.3) is 0 Å². The second-order valence-corrected chi connectivity index (χ2v) is 7.20.